The highest BCUT2D eigenvalue weighted by Gasteiger charge is 2.32. The van der Waals surface area contributed by atoms with Crippen LogP contribution in [-0.4, -0.2) is 54.1 Å². The molecule has 1 fully saturated rings. The maximum absolute atomic E-state index is 13.9. The van der Waals surface area contributed by atoms with Gasteiger partial charge in [-0.2, -0.15) is 13.2 Å². The molecule has 0 radical (unpaired) electrons. The number of para-hydroxylation sites is 1. The van der Waals surface area contributed by atoms with Crippen LogP contribution < -0.4 is 10.5 Å². The van der Waals surface area contributed by atoms with Crippen molar-refractivity contribution in [2.24, 2.45) is 0 Å². The van der Waals surface area contributed by atoms with Crippen molar-refractivity contribution in [1.29, 1.82) is 0 Å². The largest absolute Gasteiger partial charge is 0.462 e. The molecule has 11 heteroatoms. The van der Waals surface area contributed by atoms with Gasteiger partial charge in [0.05, 0.1) is 34.8 Å². The van der Waals surface area contributed by atoms with Crippen LogP contribution in [0.2, 0.25) is 0 Å². The summed E-state index contributed by atoms with van der Waals surface area (Å²) in [5, 5.41) is 2.48. The smallest absolute Gasteiger partial charge is 0.416 e. The van der Waals surface area contributed by atoms with E-state index in [-0.39, 0.29) is 24.6 Å². The van der Waals surface area contributed by atoms with Crippen molar-refractivity contribution in [2.45, 2.75) is 19.6 Å². The van der Waals surface area contributed by atoms with Gasteiger partial charge in [-0.25, -0.2) is 4.79 Å². The summed E-state index contributed by atoms with van der Waals surface area (Å²) in [6.45, 7) is 3.28. The van der Waals surface area contributed by atoms with E-state index in [0.29, 0.717) is 53.2 Å². The number of carbonyl (C=O) groups is 2. The molecule has 1 saturated heterocycles. The number of thiophene rings is 1. The summed E-state index contributed by atoms with van der Waals surface area (Å²) in [7, 11) is 0. The number of anilines is 1. The van der Waals surface area contributed by atoms with Gasteiger partial charge in [0.15, 0.2) is 0 Å². The van der Waals surface area contributed by atoms with E-state index in [4.69, 9.17) is 4.74 Å². The zero-order valence-corrected chi connectivity index (χ0v) is 22.4. The Morgan fingerprint density at radius 1 is 0.950 bits per heavy atom. The number of nitrogens with zero attached hydrogens (tertiary/aromatic N) is 3. The van der Waals surface area contributed by atoms with Crippen molar-refractivity contribution in [2.75, 3.05) is 37.7 Å². The predicted molar refractivity (Wildman–Crippen MR) is 147 cm³/mol. The average molecular weight is 570 g/mol. The van der Waals surface area contributed by atoms with E-state index in [1.165, 1.54) is 28.0 Å². The minimum atomic E-state index is -4.47. The summed E-state index contributed by atoms with van der Waals surface area (Å²) in [4.78, 5) is 44.3. The number of fused-ring (bicyclic) bond motifs is 1. The van der Waals surface area contributed by atoms with E-state index in [9.17, 15) is 27.6 Å². The number of alkyl halides is 3. The van der Waals surface area contributed by atoms with Crippen molar-refractivity contribution in [3.05, 3.63) is 98.0 Å². The van der Waals surface area contributed by atoms with Crippen LogP contribution in [0, 0.1) is 0 Å². The highest BCUT2D eigenvalue weighted by molar-refractivity contribution is 7.12. The van der Waals surface area contributed by atoms with Gasteiger partial charge in [0, 0.05) is 31.6 Å². The van der Waals surface area contributed by atoms with Crippen LogP contribution in [0.4, 0.5) is 18.9 Å². The summed E-state index contributed by atoms with van der Waals surface area (Å²) in [6.07, 6.45) is -4.47. The lowest BCUT2D eigenvalue weighted by Crippen LogP contribution is -2.49. The Balaban J connectivity index is 1.55. The molecule has 2 aromatic carbocycles. The molecular weight excluding hydrogens is 543 g/mol. The fourth-order valence-electron chi connectivity index (χ4n) is 4.93. The van der Waals surface area contributed by atoms with Crippen LogP contribution in [0.1, 0.15) is 38.1 Å². The molecule has 0 aliphatic carbocycles. The molecule has 1 aliphatic rings. The molecule has 208 valence electrons. The molecule has 1 amide bonds. The van der Waals surface area contributed by atoms with E-state index >= 15 is 0 Å². The number of ether oxygens (including phenoxy) is 1. The number of hydrogen-bond acceptors (Lipinski definition) is 6. The van der Waals surface area contributed by atoms with Gasteiger partial charge in [-0.05, 0) is 42.1 Å². The third-order valence-electron chi connectivity index (χ3n) is 6.86. The Bertz CT molecular complexity index is 1590. The van der Waals surface area contributed by atoms with E-state index in [1.807, 2.05) is 16.3 Å². The molecule has 4 aromatic rings. The first kappa shape index (κ1) is 27.4. The Hall–Kier alpha value is -4.12. The zero-order valence-electron chi connectivity index (χ0n) is 21.6. The van der Waals surface area contributed by atoms with Gasteiger partial charge < -0.3 is 19.1 Å². The van der Waals surface area contributed by atoms with E-state index in [2.05, 4.69) is 0 Å². The molecule has 0 N–H and O–H groups in total. The maximum atomic E-state index is 13.9. The number of rotatable bonds is 6. The van der Waals surface area contributed by atoms with Crippen molar-refractivity contribution in [3.63, 3.8) is 0 Å². The lowest BCUT2D eigenvalue weighted by molar-refractivity contribution is -0.137. The normalized spacial score (nSPS) is 14.0. The second-order valence-corrected chi connectivity index (χ2v) is 10.3. The summed E-state index contributed by atoms with van der Waals surface area (Å²) in [5.74, 6) is -0.830. The number of piperazine rings is 1. The molecule has 5 rings (SSSR count). The summed E-state index contributed by atoms with van der Waals surface area (Å²) in [6, 6.07) is 15.3. The number of aromatic nitrogens is 1. The SMILES string of the molecule is CCOC(=O)c1c(N2CCN(C(=O)c3cccs3)CC2)c2ccccc2n(Cc2ccc(C(F)(F)F)cc2)c1=O. The minimum Gasteiger partial charge on any atom is -0.462 e. The number of hydrogen-bond donors (Lipinski definition) is 0. The van der Waals surface area contributed by atoms with E-state index in [1.54, 1.807) is 42.2 Å². The maximum Gasteiger partial charge on any atom is 0.416 e. The number of halogens is 3. The van der Waals surface area contributed by atoms with Crippen LogP contribution in [-0.2, 0) is 17.5 Å². The van der Waals surface area contributed by atoms with Gasteiger partial charge in [-0.3, -0.25) is 9.59 Å². The van der Waals surface area contributed by atoms with Gasteiger partial charge in [0.2, 0.25) is 0 Å². The number of esters is 1. The first-order valence-electron chi connectivity index (χ1n) is 12.8. The second-order valence-electron chi connectivity index (χ2n) is 9.30. The Morgan fingerprint density at radius 3 is 2.27 bits per heavy atom. The van der Waals surface area contributed by atoms with Crippen molar-refractivity contribution in [3.8, 4) is 0 Å². The fourth-order valence-corrected chi connectivity index (χ4v) is 5.62. The highest BCUT2D eigenvalue weighted by Crippen LogP contribution is 2.32. The highest BCUT2D eigenvalue weighted by atomic mass is 32.1. The summed E-state index contributed by atoms with van der Waals surface area (Å²) < 4.78 is 45.9. The van der Waals surface area contributed by atoms with Gasteiger partial charge >= 0.3 is 12.1 Å². The third kappa shape index (κ3) is 5.33. The van der Waals surface area contributed by atoms with Crippen LogP contribution >= 0.6 is 11.3 Å². The lowest BCUT2D eigenvalue weighted by atomic mass is 10.0. The molecular formula is C29H26F3N3O4S. The van der Waals surface area contributed by atoms with Gasteiger partial charge in [-0.15, -0.1) is 11.3 Å². The quantitative estimate of drug-likeness (QED) is 0.296. The molecule has 7 nitrogen and oxygen atoms in total. The van der Waals surface area contributed by atoms with Crippen LogP contribution in [0.15, 0.2) is 70.8 Å². The standard InChI is InChI=1S/C29H26F3N3O4S/c1-2-39-28(38)24-25(33-13-15-34(16-14-33)26(36)23-8-5-17-40-23)21-6-3-4-7-22(21)35(27(24)37)18-19-9-11-20(12-10-19)29(30,31)32/h3-12,17H,2,13-16,18H2,1H3. The molecule has 3 heterocycles. The van der Waals surface area contributed by atoms with Crippen LogP contribution in [0.3, 0.4) is 0 Å². The van der Waals surface area contributed by atoms with Gasteiger partial charge in [0.1, 0.15) is 5.56 Å². The van der Waals surface area contributed by atoms with Gasteiger partial charge in [0.25, 0.3) is 11.5 Å². The molecule has 0 spiro atoms. The van der Waals surface area contributed by atoms with Crippen molar-refractivity contribution in [1.82, 2.24) is 9.47 Å². The first-order chi connectivity index (χ1) is 19.2. The number of amides is 1. The van der Waals surface area contributed by atoms with Crippen LogP contribution in [0.5, 0.6) is 0 Å². The lowest BCUT2D eigenvalue weighted by Gasteiger charge is -2.37. The molecule has 0 saturated carbocycles. The number of benzene rings is 2. The monoisotopic (exact) mass is 569 g/mol. The van der Waals surface area contributed by atoms with E-state index < -0.39 is 23.3 Å². The topological polar surface area (TPSA) is 71.8 Å². The fraction of sp³-hybridized carbons (Fsp3) is 0.276. The zero-order chi connectivity index (χ0) is 28.4. The number of pyridine rings is 1. The molecule has 40 heavy (non-hydrogen) atoms. The predicted octanol–water partition coefficient (Wildman–Crippen LogP) is 5.27. The molecule has 0 atom stereocenters. The second kappa shape index (κ2) is 11.2. The molecule has 0 bridgehead atoms. The van der Waals surface area contributed by atoms with E-state index in [0.717, 1.165) is 12.1 Å². The minimum absolute atomic E-state index is 0.0345. The molecule has 0 unspecified atom stereocenters. The van der Waals surface area contributed by atoms with Crippen LogP contribution in [0.25, 0.3) is 10.9 Å². The van der Waals surface area contributed by atoms with Crippen molar-refractivity contribution < 1.29 is 27.5 Å². The average Bonchev–Trinajstić information content (AvgIpc) is 3.49. The number of carbonyl (C=O) groups excluding carboxylic acids is 2. The summed E-state index contributed by atoms with van der Waals surface area (Å²) in [5.41, 5.74) is -0.0654. The Kier molecular flexibility index (Phi) is 7.66. The van der Waals surface area contributed by atoms with Gasteiger partial charge in [-0.1, -0.05) is 36.4 Å². The Morgan fingerprint density at radius 2 is 1.65 bits per heavy atom. The molecule has 1 aliphatic heterocycles. The first-order valence-corrected chi connectivity index (χ1v) is 13.6. The van der Waals surface area contributed by atoms with Crippen molar-refractivity contribution >= 4 is 39.8 Å². The Labute approximate surface area is 232 Å². The summed E-state index contributed by atoms with van der Waals surface area (Å²) >= 11 is 1.38. The third-order valence-corrected chi connectivity index (χ3v) is 7.72. The molecule has 2 aromatic heterocycles.